The molecule has 20 heavy (non-hydrogen) atoms. The van der Waals surface area contributed by atoms with Crippen molar-refractivity contribution in [1.29, 1.82) is 0 Å². The van der Waals surface area contributed by atoms with E-state index in [2.05, 4.69) is 6.07 Å². The molecule has 0 aliphatic rings. The summed E-state index contributed by atoms with van der Waals surface area (Å²) in [5.74, 6) is 0.346. The molecule has 1 N–H and O–H groups in total. The van der Waals surface area contributed by atoms with Crippen LogP contribution in [0.15, 0.2) is 40.6 Å². The Balaban J connectivity index is 2.09. The lowest BCUT2D eigenvalue weighted by atomic mass is 10.2. The van der Waals surface area contributed by atoms with Crippen molar-refractivity contribution in [2.24, 2.45) is 0 Å². The Morgan fingerprint density at radius 2 is 2.20 bits per heavy atom. The van der Waals surface area contributed by atoms with Gasteiger partial charge in [0.05, 0.1) is 6.61 Å². The minimum absolute atomic E-state index is 0.269. The SMILES string of the molecule is CCSc1cccc(OCCc2cccs2)c1C(=O)O. The molecule has 0 unspecified atom stereocenters. The number of carboxylic acids is 1. The molecule has 3 nitrogen and oxygen atoms in total. The number of benzene rings is 1. The highest BCUT2D eigenvalue weighted by atomic mass is 32.2. The fourth-order valence-electron chi connectivity index (χ4n) is 1.83. The highest BCUT2D eigenvalue weighted by Crippen LogP contribution is 2.30. The molecule has 1 heterocycles. The van der Waals surface area contributed by atoms with Crippen LogP contribution in [-0.4, -0.2) is 23.4 Å². The molecule has 0 bridgehead atoms. The molecule has 0 aliphatic heterocycles. The van der Waals surface area contributed by atoms with Gasteiger partial charge in [0.2, 0.25) is 0 Å². The van der Waals surface area contributed by atoms with Crippen molar-refractivity contribution < 1.29 is 14.6 Å². The van der Waals surface area contributed by atoms with Crippen molar-refractivity contribution in [3.8, 4) is 5.75 Å². The first-order chi connectivity index (χ1) is 9.72. The third kappa shape index (κ3) is 3.77. The molecule has 2 aromatic rings. The minimum atomic E-state index is -0.937. The summed E-state index contributed by atoms with van der Waals surface area (Å²) < 4.78 is 5.67. The van der Waals surface area contributed by atoms with E-state index in [0.717, 1.165) is 17.1 Å². The average Bonchev–Trinajstić information content (AvgIpc) is 2.92. The summed E-state index contributed by atoms with van der Waals surface area (Å²) in [5.41, 5.74) is 0.269. The minimum Gasteiger partial charge on any atom is -0.492 e. The molecule has 5 heteroatoms. The van der Waals surface area contributed by atoms with Gasteiger partial charge in [-0.1, -0.05) is 19.1 Å². The third-order valence-electron chi connectivity index (χ3n) is 2.69. The van der Waals surface area contributed by atoms with E-state index in [4.69, 9.17) is 4.74 Å². The smallest absolute Gasteiger partial charge is 0.340 e. The van der Waals surface area contributed by atoms with E-state index in [0.29, 0.717) is 12.4 Å². The van der Waals surface area contributed by atoms with Gasteiger partial charge in [0.15, 0.2) is 0 Å². The zero-order chi connectivity index (χ0) is 14.4. The lowest BCUT2D eigenvalue weighted by molar-refractivity contribution is 0.0688. The molecule has 0 aliphatic carbocycles. The van der Waals surface area contributed by atoms with Gasteiger partial charge >= 0.3 is 5.97 Å². The van der Waals surface area contributed by atoms with Gasteiger partial charge in [-0.15, -0.1) is 23.1 Å². The molecule has 1 aromatic heterocycles. The van der Waals surface area contributed by atoms with Gasteiger partial charge in [-0.05, 0) is 29.3 Å². The molecule has 2 rings (SSSR count). The second-order valence-electron chi connectivity index (χ2n) is 4.05. The average molecular weight is 308 g/mol. The first kappa shape index (κ1) is 14.9. The molecule has 0 spiro atoms. The Hall–Kier alpha value is -1.46. The Morgan fingerprint density at radius 3 is 2.85 bits per heavy atom. The maximum atomic E-state index is 11.4. The Bertz CT molecular complexity index is 565. The molecule has 0 fully saturated rings. The number of hydrogen-bond acceptors (Lipinski definition) is 4. The Kier molecular flexibility index (Phi) is 5.49. The van der Waals surface area contributed by atoms with Crippen LogP contribution in [-0.2, 0) is 6.42 Å². The topological polar surface area (TPSA) is 46.5 Å². The van der Waals surface area contributed by atoms with Gasteiger partial charge in [-0.3, -0.25) is 0 Å². The number of thioether (sulfide) groups is 1. The van der Waals surface area contributed by atoms with E-state index >= 15 is 0 Å². The maximum absolute atomic E-state index is 11.4. The standard InChI is InChI=1S/C15H16O3S2/c1-2-19-13-7-3-6-12(14(13)15(16)17)18-9-8-11-5-4-10-20-11/h3-7,10H,2,8-9H2,1H3,(H,16,17). The van der Waals surface area contributed by atoms with Gasteiger partial charge in [-0.2, -0.15) is 0 Å². The molecular formula is C15H16O3S2. The predicted octanol–water partition coefficient (Wildman–Crippen LogP) is 4.18. The number of hydrogen-bond donors (Lipinski definition) is 1. The summed E-state index contributed by atoms with van der Waals surface area (Å²) in [7, 11) is 0. The molecule has 0 amide bonds. The van der Waals surface area contributed by atoms with Crippen LogP contribution >= 0.6 is 23.1 Å². The number of carbonyl (C=O) groups is 1. The van der Waals surface area contributed by atoms with Crippen LogP contribution < -0.4 is 4.74 Å². The fraction of sp³-hybridized carbons (Fsp3) is 0.267. The molecule has 106 valence electrons. The third-order valence-corrected chi connectivity index (χ3v) is 4.56. The van der Waals surface area contributed by atoms with E-state index in [1.165, 1.54) is 16.6 Å². The molecule has 0 saturated carbocycles. The first-order valence-corrected chi connectivity index (χ1v) is 8.23. The van der Waals surface area contributed by atoms with E-state index in [-0.39, 0.29) is 5.56 Å². The van der Waals surface area contributed by atoms with Gasteiger partial charge in [-0.25, -0.2) is 4.79 Å². The first-order valence-electron chi connectivity index (χ1n) is 6.36. The molecule has 0 radical (unpaired) electrons. The molecular weight excluding hydrogens is 292 g/mol. The highest BCUT2D eigenvalue weighted by molar-refractivity contribution is 7.99. The lowest BCUT2D eigenvalue weighted by Crippen LogP contribution is -2.07. The molecule has 0 atom stereocenters. The van der Waals surface area contributed by atoms with Crippen molar-refractivity contribution in [2.75, 3.05) is 12.4 Å². The van der Waals surface area contributed by atoms with Crippen LogP contribution in [0.25, 0.3) is 0 Å². The van der Waals surface area contributed by atoms with E-state index in [1.807, 2.05) is 30.5 Å². The quantitative estimate of drug-likeness (QED) is 0.779. The zero-order valence-corrected chi connectivity index (χ0v) is 12.8. The van der Waals surface area contributed by atoms with Crippen molar-refractivity contribution >= 4 is 29.1 Å². The van der Waals surface area contributed by atoms with Crippen molar-refractivity contribution in [3.05, 3.63) is 46.2 Å². The molecule has 1 aromatic carbocycles. The maximum Gasteiger partial charge on any atom is 0.340 e. The van der Waals surface area contributed by atoms with E-state index < -0.39 is 5.97 Å². The summed E-state index contributed by atoms with van der Waals surface area (Å²) in [6.45, 7) is 2.49. The number of aromatic carboxylic acids is 1. The number of rotatable bonds is 7. The largest absolute Gasteiger partial charge is 0.492 e. The summed E-state index contributed by atoms with van der Waals surface area (Å²) in [4.78, 5) is 13.4. The van der Waals surface area contributed by atoms with Crippen LogP contribution in [0.4, 0.5) is 0 Å². The number of ether oxygens (including phenoxy) is 1. The number of carboxylic acid groups (broad SMARTS) is 1. The van der Waals surface area contributed by atoms with Gasteiger partial charge < -0.3 is 9.84 Å². The summed E-state index contributed by atoms with van der Waals surface area (Å²) in [5, 5.41) is 11.4. The van der Waals surface area contributed by atoms with Crippen LogP contribution in [0.5, 0.6) is 5.75 Å². The molecule has 0 saturated heterocycles. The monoisotopic (exact) mass is 308 g/mol. The van der Waals surface area contributed by atoms with Crippen LogP contribution in [0.3, 0.4) is 0 Å². The zero-order valence-electron chi connectivity index (χ0n) is 11.2. The van der Waals surface area contributed by atoms with Crippen molar-refractivity contribution in [1.82, 2.24) is 0 Å². The summed E-state index contributed by atoms with van der Waals surface area (Å²) >= 11 is 3.20. The van der Waals surface area contributed by atoms with Crippen molar-refractivity contribution in [3.63, 3.8) is 0 Å². The lowest BCUT2D eigenvalue weighted by Gasteiger charge is -2.11. The summed E-state index contributed by atoms with van der Waals surface area (Å²) in [6.07, 6.45) is 0.794. The second kappa shape index (κ2) is 7.36. The van der Waals surface area contributed by atoms with E-state index in [1.54, 1.807) is 17.4 Å². The van der Waals surface area contributed by atoms with Gasteiger partial charge in [0.25, 0.3) is 0 Å². The summed E-state index contributed by atoms with van der Waals surface area (Å²) in [6, 6.07) is 9.43. The van der Waals surface area contributed by atoms with Gasteiger partial charge in [0, 0.05) is 16.2 Å². The van der Waals surface area contributed by atoms with E-state index in [9.17, 15) is 9.90 Å². The Labute approximate surface area is 126 Å². The van der Waals surface area contributed by atoms with Crippen LogP contribution in [0.1, 0.15) is 22.2 Å². The second-order valence-corrected chi connectivity index (χ2v) is 6.38. The van der Waals surface area contributed by atoms with Crippen molar-refractivity contribution in [2.45, 2.75) is 18.2 Å². The van der Waals surface area contributed by atoms with Gasteiger partial charge in [0.1, 0.15) is 11.3 Å². The fourth-order valence-corrected chi connectivity index (χ4v) is 3.34. The van der Waals surface area contributed by atoms with Crippen LogP contribution in [0, 0.1) is 0 Å². The predicted molar refractivity (Wildman–Crippen MR) is 83.3 cm³/mol. The highest BCUT2D eigenvalue weighted by Gasteiger charge is 2.16. The van der Waals surface area contributed by atoms with Crippen LogP contribution in [0.2, 0.25) is 0 Å². The Morgan fingerprint density at radius 1 is 1.35 bits per heavy atom. The normalized spacial score (nSPS) is 10.4. The number of thiophene rings is 1.